The summed E-state index contributed by atoms with van der Waals surface area (Å²) in [5.41, 5.74) is 3.96. The van der Waals surface area contributed by atoms with Gasteiger partial charge in [0.05, 0.1) is 5.69 Å². The normalized spacial score (nSPS) is 14.4. The molecule has 0 radical (unpaired) electrons. The van der Waals surface area contributed by atoms with Crippen LogP contribution in [0.1, 0.15) is 24.5 Å². The molecule has 1 aliphatic rings. The lowest BCUT2D eigenvalue weighted by molar-refractivity contribution is 1.02. The predicted octanol–water partition coefficient (Wildman–Crippen LogP) is 2.90. The lowest BCUT2D eigenvalue weighted by atomic mass is 10.0. The Hall–Kier alpha value is -1.11. The van der Waals surface area contributed by atoms with Crippen LogP contribution >= 0.6 is 0 Å². The van der Waals surface area contributed by atoms with Crippen LogP contribution < -0.4 is 0 Å². The first-order valence-corrected chi connectivity index (χ1v) is 4.54. The number of aliphatic imine (C=N–C) groups is 1. The molecule has 0 bridgehead atoms. The number of aryl methyl sites for hydroxylation is 2. The van der Waals surface area contributed by atoms with E-state index in [2.05, 4.69) is 30.1 Å². The van der Waals surface area contributed by atoms with Crippen LogP contribution in [0.2, 0.25) is 0 Å². The highest BCUT2D eigenvalue weighted by molar-refractivity contribution is 5.69. The molecule has 0 saturated heterocycles. The first-order chi connectivity index (χ1) is 5.90. The van der Waals surface area contributed by atoms with Gasteiger partial charge in [-0.05, 0) is 36.5 Å². The van der Waals surface area contributed by atoms with Crippen LogP contribution in [0.25, 0.3) is 0 Å². The Morgan fingerprint density at radius 2 is 2.33 bits per heavy atom. The van der Waals surface area contributed by atoms with E-state index >= 15 is 0 Å². The second-order valence-electron chi connectivity index (χ2n) is 3.17. The Bertz CT molecular complexity index is 313. The average molecular weight is 159 g/mol. The van der Waals surface area contributed by atoms with Crippen molar-refractivity contribution in [3.05, 3.63) is 29.3 Å². The predicted molar refractivity (Wildman–Crippen MR) is 52.3 cm³/mol. The van der Waals surface area contributed by atoms with Crippen LogP contribution in [0, 0.1) is 0 Å². The van der Waals surface area contributed by atoms with Crippen molar-refractivity contribution in [2.45, 2.75) is 26.2 Å². The fraction of sp³-hybridized carbons (Fsp3) is 0.364. The zero-order chi connectivity index (χ0) is 8.39. The Labute approximate surface area is 73.1 Å². The summed E-state index contributed by atoms with van der Waals surface area (Å²) < 4.78 is 0. The number of rotatable bonds is 1. The van der Waals surface area contributed by atoms with Gasteiger partial charge in [0.25, 0.3) is 0 Å². The fourth-order valence-electron chi connectivity index (χ4n) is 1.54. The molecule has 0 N–H and O–H groups in total. The molecule has 0 unspecified atom stereocenters. The molecular formula is C11H13N. The van der Waals surface area contributed by atoms with E-state index in [0.717, 1.165) is 19.3 Å². The average Bonchev–Trinajstić information content (AvgIpc) is 2.17. The van der Waals surface area contributed by atoms with Crippen molar-refractivity contribution < 1.29 is 0 Å². The maximum Gasteiger partial charge on any atom is 0.0660 e. The van der Waals surface area contributed by atoms with Gasteiger partial charge >= 0.3 is 0 Å². The summed E-state index contributed by atoms with van der Waals surface area (Å²) in [4.78, 5) is 4.38. The van der Waals surface area contributed by atoms with Crippen LogP contribution in [0.3, 0.4) is 0 Å². The van der Waals surface area contributed by atoms with Gasteiger partial charge in [-0.2, -0.15) is 0 Å². The minimum Gasteiger partial charge on any atom is -0.261 e. The van der Waals surface area contributed by atoms with Gasteiger partial charge in [-0.15, -0.1) is 0 Å². The van der Waals surface area contributed by atoms with Gasteiger partial charge in [0.2, 0.25) is 0 Å². The molecule has 0 fully saturated rings. The van der Waals surface area contributed by atoms with E-state index in [1.54, 1.807) is 0 Å². The Morgan fingerprint density at radius 3 is 3.17 bits per heavy atom. The van der Waals surface area contributed by atoms with Crippen molar-refractivity contribution in [2.75, 3.05) is 0 Å². The van der Waals surface area contributed by atoms with Gasteiger partial charge in [-0.25, -0.2) is 0 Å². The van der Waals surface area contributed by atoms with Gasteiger partial charge in [0, 0.05) is 6.21 Å². The molecule has 1 heteroatoms. The van der Waals surface area contributed by atoms with Gasteiger partial charge in [0.1, 0.15) is 0 Å². The number of hydrogen-bond acceptors (Lipinski definition) is 1. The number of hydrogen-bond donors (Lipinski definition) is 0. The first-order valence-electron chi connectivity index (χ1n) is 4.54. The van der Waals surface area contributed by atoms with Crippen LogP contribution in [-0.4, -0.2) is 6.21 Å². The summed E-state index contributed by atoms with van der Waals surface area (Å²) in [5.74, 6) is 0. The van der Waals surface area contributed by atoms with Crippen molar-refractivity contribution in [3.8, 4) is 0 Å². The molecule has 0 aliphatic carbocycles. The van der Waals surface area contributed by atoms with Gasteiger partial charge < -0.3 is 0 Å². The van der Waals surface area contributed by atoms with E-state index < -0.39 is 0 Å². The number of benzene rings is 1. The second-order valence-corrected chi connectivity index (χ2v) is 3.17. The third-order valence-corrected chi connectivity index (χ3v) is 2.33. The number of fused-ring (bicyclic) bond motifs is 1. The molecule has 0 aromatic heterocycles. The third-order valence-electron chi connectivity index (χ3n) is 2.33. The molecule has 0 amide bonds. The second kappa shape index (κ2) is 3.10. The van der Waals surface area contributed by atoms with Crippen LogP contribution in [0.15, 0.2) is 23.2 Å². The molecule has 0 saturated carbocycles. The van der Waals surface area contributed by atoms with E-state index in [1.165, 1.54) is 16.8 Å². The summed E-state index contributed by atoms with van der Waals surface area (Å²) in [6, 6.07) is 6.62. The van der Waals surface area contributed by atoms with Crippen molar-refractivity contribution in [1.82, 2.24) is 0 Å². The largest absolute Gasteiger partial charge is 0.261 e. The van der Waals surface area contributed by atoms with Crippen molar-refractivity contribution in [2.24, 2.45) is 4.99 Å². The summed E-state index contributed by atoms with van der Waals surface area (Å²) in [7, 11) is 0. The molecule has 1 nitrogen and oxygen atoms in total. The highest BCUT2D eigenvalue weighted by atomic mass is 14.7. The fourth-order valence-corrected chi connectivity index (χ4v) is 1.54. The van der Waals surface area contributed by atoms with E-state index in [9.17, 15) is 0 Å². The summed E-state index contributed by atoms with van der Waals surface area (Å²) in [6.07, 6.45) is 5.37. The lowest BCUT2D eigenvalue weighted by Crippen LogP contribution is -1.94. The van der Waals surface area contributed by atoms with E-state index in [-0.39, 0.29) is 0 Å². The van der Waals surface area contributed by atoms with Crippen molar-refractivity contribution in [3.63, 3.8) is 0 Å². The summed E-state index contributed by atoms with van der Waals surface area (Å²) in [6.45, 7) is 2.17. The molecule has 1 aromatic carbocycles. The molecule has 62 valence electrons. The number of nitrogens with zero attached hydrogens (tertiary/aromatic N) is 1. The Balaban J connectivity index is 2.44. The van der Waals surface area contributed by atoms with Gasteiger partial charge in [-0.3, -0.25) is 4.99 Å². The summed E-state index contributed by atoms with van der Waals surface area (Å²) >= 11 is 0. The lowest BCUT2D eigenvalue weighted by Gasteiger charge is -2.09. The molecule has 12 heavy (non-hydrogen) atoms. The zero-order valence-electron chi connectivity index (χ0n) is 7.38. The smallest absolute Gasteiger partial charge is 0.0660 e. The molecule has 1 aromatic rings. The van der Waals surface area contributed by atoms with E-state index in [0.29, 0.717) is 0 Å². The van der Waals surface area contributed by atoms with Gasteiger partial charge in [-0.1, -0.05) is 19.1 Å². The maximum absolute atomic E-state index is 4.38. The molecule has 1 heterocycles. The van der Waals surface area contributed by atoms with Crippen molar-refractivity contribution >= 4 is 11.9 Å². The quantitative estimate of drug-likeness (QED) is 0.597. The highest BCUT2D eigenvalue weighted by Crippen LogP contribution is 2.25. The van der Waals surface area contributed by atoms with Crippen LogP contribution in [0.4, 0.5) is 5.69 Å². The zero-order valence-corrected chi connectivity index (χ0v) is 7.38. The third kappa shape index (κ3) is 1.27. The van der Waals surface area contributed by atoms with Gasteiger partial charge in [0.15, 0.2) is 0 Å². The Kier molecular flexibility index (Phi) is 1.94. The summed E-state index contributed by atoms with van der Waals surface area (Å²) in [5, 5.41) is 0. The minimum atomic E-state index is 1.10. The highest BCUT2D eigenvalue weighted by Gasteiger charge is 2.04. The molecule has 2 rings (SSSR count). The SMILES string of the molecule is CCc1ccc2c(c1)N=CCC2. The topological polar surface area (TPSA) is 12.4 Å². The van der Waals surface area contributed by atoms with E-state index in [1.807, 2.05) is 6.21 Å². The van der Waals surface area contributed by atoms with E-state index in [4.69, 9.17) is 0 Å². The maximum atomic E-state index is 4.38. The van der Waals surface area contributed by atoms with Crippen LogP contribution in [-0.2, 0) is 12.8 Å². The molecular weight excluding hydrogens is 146 g/mol. The van der Waals surface area contributed by atoms with Crippen molar-refractivity contribution in [1.29, 1.82) is 0 Å². The molecule has 0 atom stereocenters. The molecule has 1 aliphatic heterocycles. The monoisotopic (exact) mass is 159 g/mol. The minimum absolute atomic E-state index is 1.10. The van der Waals surface area contributed by atoms with Crippen LogP contribution in [0.5, 0.6) is 0 Å². The molecule has 0 spiro atoms. The Morgan fingerprint density at radius 1 is 1.42 bits per heavy atom. The first kappa shape index (κ1) is 7.53. The standard InChI is InChI=1S/C11H13N/c1-2-9-5-6-10-4-3-7-12-11(10)8-9/h5-8H,2-4H2,1H3.